The first-order valence-electron chi connectivity index (χ1n) is 6.55. The Kier molecular flexibility index (Phi) is 3.49. The fourth-order valence-electron chi connectivity index (χ4n) is 2.10. The molecule has 0 saturated carbocycles. The van der Waals surface area contributed by atoms with Gasteiger partial charge in [0.1, 0.15) is 5.82 Å². The van der Waals surface area contributed by atoms with Crippen LogP contribution in [0.4, 0.5) is 5.69 Å². The Morgan fingerprint density at radius 2 is 1.91 bits per heavy atom. The predicted molar refractivity (Wildman–Crippen MR) is 84.4 cm³/mol. The minimum Gasteiger partial charge on any atom is -0.306 e. The molecule has 0 radical (unpaired) electrons. The monoisotopic (exact) mass is 293 g/mol. The van der Waals surface area contributed by atoms with Gasteiger partial charge in [0.2, 0.25) is 0 Å². The Balaban J connectivity index is 1.97. The number of H-pyrrole nitrogens is 1. The number of hydrogen-bond acceptors (Lipinski definition) is 4. The molecule has 1 heterocycles. The normalized spacial score (nSPS) is 11.1. The molecule has 0 amide bonds. The number of non-ortho nitro benzene ring substituents is 1. The summed E-state index contributed by atoms with van der Waals surface area (Å²) in [6.45, 7) is 0. The van der Waals surface area contributed by atoms with Gasteiger partial charge in [-0.15, -0.1) is 0 Å². The lowest BCUT2D eigenvalue weighted by atomic mass is 10.2. The van der Waals surface area contributed by atoms with Crippen molar-refractivity contribution in [3.05, 3.63) is 80.4 Å². The molecule has 0 bridgehead atoms. The zero-order valence-corrected chi connectivity index (χ0v) is 11.4. The average molecular weight is 293 g/mol. The van der Waals surface area contributed by atoms with E-state index in [-0.39, 0.29) is 11.2 Å². The number of nitrogens with one attached hydrogen (secondary N) is 1. The molecule has 6 heteroatoms. The van der Waals surface area contributed by atoms with E-state index in [4.69, 9.17) is 0 Å². The van der Waals surface area contributed by atoms with Crippen LogP contribution in [-0.4, -0.2) is 14.9 Å². The lowest BCUT2D eigenvalue weighted by molar-refractivity contribution is -0.384. The Hall–Kier alpha value is -3.28. The summed E-state index contributed by atoms with van der Waals surface area (Å²) in [7, 11) is 0. The number of fused-ring (bicyclic) bond motifs is 1. The number of benzene rings is 2. The maximum Gasteiger partial charge on any atom is 0.270 e. The lowest BCUT2D eigenvalue weighted by Gasteiger charge is -1.98. The standard InChI is InChI=1S/C16H11N3O3/c20-16-13-6-1-2-7-14(13)17-15(18-16)9-8-11-4-3-5-12(10-11)19(21)22/h1-10H,(H,17,18,20)/b9-8-. The van der Waals surface area contributed by atoms with Gasteiger partial charge in [-0.25, -0.2) is 4.98 Å². The second-order valence-corrected chi connectivity index (χ2v) is 4.65. The summed E-state index contributed by atoms with van der Waals surface area (Å²) in [6.07, 6.45) is 3.28. The summed E-state index contributed by atoms with van der Waals surface area (Å²) in [5, 5.41) is 11.3. The first kappa shape index (κ1) is 13.7. The van der Waals surface area contributed by atoms with E-state index in [1.54, 1.807) is 42.5 Å². The zero-order valence-electron chi connectivity index (χ0n) is 11.4. The van der Waals surface area contributed by atoms with Crippen molar-refractivity contribution >= 4 is 28.7 Å². The molecular formula is C16H11N3O3. The highest BCUT2D eigenvalue weighted by Gasteiger charge is 2.04. The van der Waals surface area contributed by atoms with Gasteiger partial charge in [0.05, 0.1) is 15.8 Å². The average Bonchev–Trinajstić information content (AvgIpc) is 2.53. The molecule has 0 saturated heterocycles. The van der Waals surface area contributed by atoms with E-state index in [9.17, 15) is 14.9 Å². The molecule has 0 fully saturated rings. The molecule has 6 nitrogen and oxygen atoms in total. The van der Waals surface area contributed by atoms with Gasteiger partial charge in [-0.05, 0) is 23.8 Å². The number of para-hydroxylation sites is 1. The van der Waals surface area contributed by atoms with E-state index in [0.29, 0.717) is 22.3 Å². The van der Waals surface area contributed by atoms with Crippen LogP contribution in [0.5, 0.6) is 0 Å². The summed E-state index contributed by atoms with van der Waals surface area (Å²) in [6, 6.07) is 13.3. The van der Waals surface area contributed by atoms with E-state index < -0.39 is 4.92 Å². The molecular weight excluding hydrogens is 282 g/mol. The number of aromatic nitrogens is 2. The van der Waals surface area contributed by atoms with Gasteiger partial charge in [0, 0.05) is 12.1 Å². The number of nitro groups is 1. The van der Waals surface area contributed by atoms with Gasteiger partial charge in [0.25, 0.3) is 11.2 Å². The first-order chi connectivity index (χ1) is 10.6. The molecule has 0 atom stereocenters. The van der Waals surface area contributed by atoms with Gasteiger partial charge in [-0.2, -0.15) is 0 Å². The molecule has 0 aliphatic carbocycles. The maximum absolute atomic E-state index is 11.9. The fourth-order valence-corrected chi connectivity index (χ4v) is 2.10. The Morgan fingerprint density at radius 3 is 2.73 bits per heavy atom. The van der Waals surface area contributed by atoms with Crippen LogP contribution in [0.2, 0.25) is 0 Å². The highest BCUT2D eigenvalue weighted by atomic mass is 16.6. The number of rotatable bonds is 3. The van der Waals surface area contributed by atoms with Crippen molar-refractivity contribution in [3.8, 4) is 0 Å². The Morgan fingerprint density at radius 1 is 1.09 bits per heavy atom. The number of nitrogens with zero attached hydrogens (tertiary/aromatic N) is 2. The summed E-state index contributed by atoms with van der Waals surface area (Å²) in [5.41, 5.74) is 1.06. The second-order valence-electron chi connectivity index (χ2n) is 4.65. The van der Waals surface area contributed by atoms with Crippen molar-refractivity contribution in [2.75, 3.05) is 0 Å². The Bertz CT molecular complexity index is 945. The quantitative estimate of drug-likeness (QED) is 0.593. The van der Waals surface area contributed by atoms with Crippen molar-refractivity contribution in [1.82, 2.24) is 9.97 Å². The fraction of sp³-hybridized carbons (Fsp3) is 0. The summed E-state index contributed by atoms with van der Waals surface area (Å²) >= 11 is 0. The summed E-state index contributed by atoms with van der Waals surface area (Å²) < 4.78 is 0. The van der Waals surface area contributed by atoms with Crippen LogP contribution in [0.3, 0.4) is 0 Å². The van der Waals surface area contributed by atoms with Crippen molar-refractivity contribution in [3.63, 3.8) is 0 Å². The third kappa shape index (κ3) is 2.76. The molecule has 22 heavy (non-hydrogen) atoms. The van der Waals surface area contributed by atoms with Crippen molar-refractivity contribution in [1.29, 1.82) is 0 Å². The van der Waals surface area contributed by atoms with Crippen LogP contribution in [-0.2, 0) is 0 Å². The minimum absolute atomic E-state index is 0.0158. The molecule has 0 aliphatic heterocycles. The molecule has 0 aliphatic rings. The van der Waals surface area contributed by atoms with Gasteiger partial charge >= 0.3 is 0 Å². The van der Waals surface area contributed by atoms with Crippen LogP contribution >= 0.6 is 0 Å². The third-order valence-electron chi connectivity index (χ3n) is 3.15. The highest BCUT2D eigenvalue weighted by Crippen LogP contribution is 2.15. The first-order valence-corrected chi connectivity index (χ1v) is 6.55. The summed E-state index contributed by atoms with van der Waals surface area (Å²) in [5.74, 6) is 0.398. The van der Waals surface area contributed by atoms with E-state index in [0.717, 1.165) is 0 Å². The molecule has 2 aromatic carbocycles. The lowest BCUT2D eigenvalue weighted by Crippen LogP contribution is -2.09. The van der Waals surface area contributed by atoms with E-state index in [2.05, 4.69) is 9.97 Å². The van der Waals surface area contributed by atoms with Crippen molar-refractivity contribution in [2.24, 2.45) is 0 Å². The predicted octanol–water partition coefficient (Wildman–Crippen LogP) is 3.00. The molecule has 0 spiro atoms. The minimum atomic E-state index is -0.451. The molecule has 108 valence electrons. The smallest absolute Gasteiger partial charge is 0.270 e. The third-order valence-corrected chi connectivity index (χ3v) is 3.15. The van der Waals surface area contributed by atoms with Gasteiger partial charge in [-0.1, -0.05) is 30.3 Å². The molecule has 1 N–H and O–H groups in total. The van der Waals surface area contributed by atoms with Crippen LogP contribution in [0, 0.1) is 10.1 Å². The van der Waals surface area contributed by atoms with Crippen LogP contribution in [0.15, 0.2) is 53.3 Å². The number of hydrogen-bond donors (Lipinski definition) is 1. The van der Waals surface area contributed by atoms with Gasteiger partial charge < -0.3 is 4.98 Å². The number of aromatic amines is 1. The van der Waals surface area contributed by atoms with Crippen LogP contribution in [0.25, 0.3) is 23.1 Å². The molecule has 0 unspecified atom stereocenters. The van der Waals surface area contributed by atoms with Crippen LogP contribution in [0.1, 0.15) is 11.4 Å². The largest absolute Gasteiger partial charge is 0.306 e. The second kappa shape index (κ2) is 5.61. The van der Waals surface area contributed by atoms with E-state index in [1.807, 2.05) is 6.07 Å². The number of nitro benzene ring substituents is 1. The van der Waals surface area contributed by atoms with Crippen molar-refractivity contribution in [2.45, 2.75) is 0 Å². The zero-order chi connectivity index (χ0) is 15.5. The van der Waals surface area contributed by atoms with Gasteiger partial charge in [0.15, 0.2) is 0 Å². The maximum atomic E-state index is 11.9. The molecule has 3 aromatic rings. The van der Waals surface area contributed by atoms with E-state index in [1.165, 1.54) is 12.1 Å². The summed E-state index contributed by atoms with van der Waals surface area (Å²) in [4.78, 5) is 29.2. The molecule has 3 rings (SSSR count). The highest BCUT2D eigenvalue weighted by molar-refractivity contribution is 5.79. The van der Waals surface area contributed by atoms with Gasteiger partial charge in [-0.3, -0.25) is 14.9 Å². The SMILES string of the molecule is O=c1[nH]c(/C=C\c2cccc([N+](=O)[O-])c2)nc2ccccc12. The van der Waals surface area contributed by atoms with E-state index >= 15 is 0 Å². The molecule has 1 aromatic heterocycles. The van der Waals surface area contributed by atoms with Crippen LogP contribution < -0.4 is 5.56 Å². The topological polar surface area (TPSA) is 88.9 Å². The van der Waals surface area contributed by atoms with Crippen molar-refractivity contribution < 1.29 is 4.92 Å². The Labute approximate surface area is 124 Å².